The van der Waals surface area contributed by atoms with E-state index in [4.69, 9.17) is 0 Å². The Balaban J connectivity index is 1.64. The molecule has 3 aromatic rings. The third-order valence-electron chi connectivity index (χ3n) is 5.59. The van der Waals surface area contributed by atoms with Gasteiger partial charge in [0.05, 0.1) is 9.79 Å². The number of sulfone groups is 1. The Morgan fingerprint density at radius 2 is 1.58 bits per heavy atom. The monoisotopic (exact) mass is 456 g/mol. The molecular formula is C23H24N2O4S2. The maximum absolute atomic E-state index is 13.3. The predicted octanol–water partition coefficient (Wildman–Crippen LogP) is 3.45. The zero-order valence-corrected chi connectivity index (χ0v) is 18.6. The number of sulfonamides is 1. The fraction of sp³-hybridized carbons (Fsp3) is 0.261. The van der Waals surface area contributed by atoms with Crippen molar-refractivity contribution in [3.05, 3.63) is 89.7 Å². The molecule has 0 bridgehead atoms. The zero-order valence-electron chi connectivity index (χ0n) is 16.9. The minimum absolute atomic E-state index is 0.136. The summed E-state index contributed by atoms with van der Waals surface area (Å²) in [5.74, 6) is 0. The lowest BCUT2D eigenvalue weighted by Crippen LogP contribution is -2.32. The molecule has 0 radical (unpaired) electrons. The van der Waals surface area contributed by atoms with Gasteiger partial charge < -0.3 is 0 Å². The first kappa shape index (κ1) is 21.7. The fourth-order valence-corrected chi connectivity index (χ4v) is 6.76. The van der Waals surface area contributed by atoms with Crippen LogP contribution in [-0.4, -0.2) is 28.4 Å². The van der Waals surface area contributed by atoms with Crippen LogP contribution in [0.2, 0.25) is 0 Å². The zero-order chi connectivity index (χ0) is 21.9. The van der Waals surface area contributed by atoms with Gasteiger partial charge in [-0.15, -0.1) is 0 Å². The lowest BCUT2D eigenvalue weighted by atomic mass is 9.92. The number of fused-ring (bicyclic) bond motifs is 1. The first-order chi connectivity index (χ1) is 14.9. The highest BCUT2D eigenvalue weighted by Crippen LogP contribution is 2.29. The van der Waals surface area contributed by atoms with Crippen LogP contribution >= 0.6 is 0 Å². The number of rotatable bonds is 7. The normalized spacial score (nSPS) is 15.2. The first-order valence-corrected chi connectivity index (χ1v) is 13.2. The van der Waals surface area contributed by atoms with Crippen molar-refractivity contribution in [1.29, 1.82) is 0 Å². The Morgan fingerprint density at radius 3 is 2.29 bits per heavy atom. The second-order valence-corrected chi connectivity index (χ2v) is 11.5. The Morgan fingerprint density at radius 1 is 0.839 bits per heavy atom. The predicted molar refractivity (Wildman–Crippen MR) is 119 cm³/mol. The van der Waals surface area contributed by atoms with Gasteiger partial charge >= 0.3 is 0 Å². The van der Waals surface area contributed by atoms with Crippen molar-refractivity contribution in [3.63, 3.8) is 0 Å². The van der Waals surface area contributed by atoms with E-state index in [-0.39, 0.29) is 16.3 Å². The van der Waals surface area contributed by atoms with E-state index >= 15 is 0 Å². The summed E-state index contributed by atoms with van der Waals surface area (Å²) < 4.78 is 55.1. The first-order valence-electron chi connectivity index (χ1n) is 10.2. The van der Waals surface area contributed by atoms with Gasteiger partial charge in [0.1, 0.15) is 5.25 Å². The smallest absolute Gasteiger partial charge is 0.240 e. The van der Waals surface area contributed by atoms with Crippen LogP contribution in [0.25, 0.3) is 0 Å². The summed E-state index contributed by atoms with van der Waals surface area (Å²) in [6, 6.07) is 16.5. The average molecular weight is 457 g/mol. The molecule has 1 atom stereocenters. The summed E-state index contributed by atoms with van der Waals surface area (Å²) in [7, 11) is -7.71. The molecule has 0 amide bonds. The van der Waals surface area contributed by atoms with Crippen LogP contribution in [0.1, 0.15) is 34.8 Å². The molecule has 31 heavy (non-hydrogen) atoms. The second-order valence-electron chi connectivity index (χ2n) is 7.62. The third kappa shape index (κ3) is 4.71. The van der Waals surface area contributed by atoms with Gasteiger partial charge in [0.2, 0.25) is 10.0 Å². The van der Waals surface area contributed by atoms with E-state index in [0.717, 1.165) is 31.2 Å². The molecule has 162 valence electrons. The second kappa shape index (κ2) is 8.90. The van der Waals surface area contributed by atoms with Gasteiger partial charge in [0.25, 0.3) is 0 Å². The molecule has 1 aliphatic carbocycles. The molecule has 0 saturated heterocycles. The van der Waals surface area contributed by atoms with E-state index in [2.05, 4.69) is 9.71 Å². The molecule has 0 fully saturated rings. The number of nitrogens with zero attached hydrogens (tertiary/aromatic N) is 1. The van der Waals surface area contributed by atoms with E-state index in [1.807, 2.05) is 6.07 Å². The number of aromatic nitrogens is 1. The Bertz CT molecular complexity index is 1260. The Labute approximate surface area is 183 Å². The van der Waals surface area contributed by atoms with Gasteiger partial charge in [0.15, 0.2) is 9.84 Å². The van der Waals surface area contributed by atoms with Crippen molar-refractivity contribution in [1.82, 2.24) is 9.71 Å². The molecule has 1 aromatic heterocycles. The van der Waals surface area contributed by atoms with Crippen molar-refractivity contribution in [2.24, 2.45) is 0 Å². The molecule has 4 rings (SSSR count). The number of benzene rings is 2. The number of hydrogen-bond donors (Lipinski definition) is 1. The van der Waals surface area contributed by atoms with E-state index in [1.165, 1.54) is 23.9 Å². The van der Waals surface area contributed by atoms with Crippen LogP contribution in [-0.2, 0) is 32.7 Å². The van der Waals surface area contributed by atoms with Crippen LogP contribution in [0, 0.1) is 0 Å². The van der Waals surface area contributed by atoms with Gasteiger partial charge in [-0.2, -0.15) is 0 Å². The largest absolute Gasteiger partial charge is 0.264 e. The maximum atomic E-state index is 13.3. The third-order valence-corrected chi connectivity index (χ3v) is 9.13. The topological polar surface area (TPSA) is 93.2 Å². The number of pyridine rings is 1. The summed E-state index contributed by atoms with van der Waals surface area (Å²) in [5, 5.41) is -1.10. The van der Waals surface area contributed by atoms with Crippen LogP contribution in [0.15, 0.2) is 82.8 Å². The van der Waals surface area contributed by atoms with Gasteiger partial charge in [-0.25, -0.2) is 21.6 Å². The summed E-state index contributed by atoms with van der Waals surface area (Å²) in [6.07, 6.45) is 6.98. The van der Waals surface area contributed by atoms with E-state index in [0.29, 0.717) is 5.56 Å². The van der Waals surface area contributed by atoms with Crippen molar-refractivity contribution >= 4 is 19.9 Å². The molecule has 1 heterocycles. The molecule has 1 N–H and O–H groups in total. The van der Waals surface area contributed by atoms with Crippen molar-refractivity contribution < 1.29 is 16.8 Å². The molecule has 6 nitrogen and oxygen atoms in total. The highest BCUT2D eigenvalue weighted by molar-refractivity contribution is 7.92. The molecule has 0 saturated carbocycles. The number of hydrogen-bond acceptors (Lipinski definition) is 5. The van der Waals surface area contributed by atoms with Crippen molar-refractivity contribution in [3.8, 4) is 0 Å². The molecule has 1 unspecified atom stereocenters. The minimum atomic E-state index is -3.87. The molecule has 8 heteroatoms. The highest BCUT2D eigenvalue weighted by atomic mass is 32.2. The molecular weight excluding hydrogens is 432 g/mol. The quantitative estimate of drug-likeness (QED) is 0.588. The molecule has 0 spiro atoms. The maximum Gasteiger partial charge on any atom is 0.240 e. The Hall–Kier alpha value is -2.55. The van der Waals surface area contributed by atoms with Gasteiger partial charge in [-0.3, -0.25) is 4.98 Å². The number of nitrogens with one attached hydrogen (secondary N) is 1. The molecule has 0 aliphatic heterocycles. The van der Waals surface area contributed by atoms with Crippen LogP contribution in [0.5, 0.6) is 0 Å². The summed E-state index contributed by atoms with van der Waals surface area (Å²) in [4.78, 5) is 4.32. The van der Waals surface area contributed by atoms with Crippen LogP contribution < -0.4 is 4.72 Å². The lowest BCUT2D eigenvalue weighted by molar-refractivity contribution is 0.568. The SMILES string of the molecule is O=S(=O)(NCC(c1cccnc1)S(=O)(=O)c1ccccc1)c1ccc2c(c1)CCCC2. The fourth-order valence-electron chi connectivity index (χ4n) is 3.89. The summed E-state index contributed by atoms with van der Waals surface area (Å²) in [5.41, 5.74) is 2.67. The van der Waals surface area contributed by atoms with Gasteiger partial charge in [0, 0.05) is 18.9 Å². The van der Waals surface area contributed by atoms with E-state index < -0.39 is 25.1 Å². The summed E-state index contributed by atoms with van der Waals surface area (Å²) >= 11 is 0. The molecule has 1 aliphatic rings. The van der Waals surface area contributed by atoms with Crippen LogP contribution in [0.3, 0.4) is 0 Å². The standard InChI is InChI=1S/C23H24N2O4S2/c26-30(27,21-10-2-1-3-11-21)23(20-9-6-14-24-16-20)17-25-31(28,29)22-13-12-18-7-4-5-8-19(18)15-22/h1-3,6,9-16,23,25H,4-5,7-8,17H2. The van der Waals surface area contributed by atoms with E-state index in [1.54, 1.807) is 48.7 Å². The van der Waals surface area contributed by atoms with E-state index in [9.17, 15) is 16.8 Å². The average Bonchev–Trinajstić information content (AvgIpc) is 2.80. The highest BCUT2D eigenvalue weighted by Gasteiger charge is 2.31. The summed E-state index contributed by atoms with van der Waals surface area (Å²) in [6.45, 7) is -0.289. The Kier molecular flexibility index (Phi) is 6.22. The minimum Gasteiger partial charge on any atom is -0.264 e. The van der Waals surface area contributed by atoms with Crippen LogP contribution in [0.4, 0.5) is 0 Å². The van der Waals surface area contributed by atoms with Crippen molar-refractivity contribution in [2.45, 2.75) is 40.7 Å². The van der Waals surface area contributed by atoms with Gasteiger partial charge in [-0.1, -0.05) is 30.3 Å². The lowest BCUT2D eigenvalue weighted by Gasteiger charge is -2.20. The van der Waals surface area contributed by atoms with Gasteiger partial charge in [-0.05, 0) is 72.7 Å². The molecule has 2 aromatic carbocycles. The number of aryl methyl sites for hydroxylation is 2. The van der Waals surface area contributed by atoms with Crippen molar-refractivity contribution in [2.75, 3.05) is 6.54 Å².